The molecule has 0 fully saturated rings. The van der Waals surface area contributed by atoms with Crippen molar-refractivity contribution in [3.05, 3.63) is 49.1 Å². The van der Waals surface area contributed by atoms with Gasteiger partial charge in [-0.1, -0.05) is 0 Å². The van der Waals surface area contributed by atoms with Gasteiger partial charge in [-0.05, 0) is 0 Å². The number of hydrogen-bond acceptors (Lipinski definition) is 10. The Hall–Kier alpha value is -3.80. The second-order valence-corrected chi connectivity index (χ2v) is 5.46. The average Bonchev–Trinajstić information content (AvgIpc) is 2.70. The third kappa shape index (κ3) is 30.2. The third-order valence-electron chi connectivity index (χ3n) is 2.77. The maximum atomic E-state index is 8.93. The molecule has 9 N–H and O–H groups in total. The van der Waals surface area contributed by atoms with Gasteiger partial charge < -0.3 is 71.3 Å². The molecule has 2 aromatic rings. The minimum absolute atomic E-state index is 0. The Balaban J connectivity index is -0.0000000581. The molecule has 35 heavy (non-hydrogen) atoms. The molecule has 0 saturated carbocycles. The first kappa shape index (κ1) is 48.6. The Morgan fingerprint density at radius 3 is 0.857 bits per heavy atom. The molecule has 0 bridgehead atoms. The van der Waals surface area contributed by atoms with E-state index < -0.39 is 23.9 Å². The summed E-state index contributed by atoms with van der Waals surface area (Å²) in [6, 6.07) is 8.11. The Morgan fingerprint density at radius 1 is 0.600 bits per heavy atom. The smallest absolute Gasteiger partial charge is 2.00 e. The van der Waals surface area contributed by atoms with Crippen LogP contribution in [0.5, 0.6) is 0 Å². The van der Waals surface area contributed by atoms with Crippen LogP contribution < -0.4 is 40.2 Å². The number of aromatic amines is 2. The van der Waals surface area contributed by atoms with Gasteiger partial charge in [-0.2, -0.15) is 0 Å². The molecule has 0 atom stereocenters. The largest absolute Gasteiger partial charge is 4.00 e. The van der Waals surface area contributed by atoms with Crippen molar-refractivity contribution in [2.24, 2.45) is 0 Å². The molecule has 2 rings (SSSR count). The maximum absolute atomic E-state index is 8.93. The number of rotatable bonds is 2. The molecule has 0 aliphatic rings. The first-order valence-corrected chi connectivity index (χ1v) is 8.01. The van der Waals surface area contributed by atoms with Gasteiger partial charge in [0, 0.05) is 63.8 Å². The van der Waals surface area contributed by atoms with Crippen LogP contribution in [0.4, 0.5) is 11.4 Å². The number of H-pyrrole nitrogens is 2. The van der Waals surface area contributed by atoms with E-state index in [1.54, 1.807) is 0 Å². The zero-order valence-electron chi connectivity index (χ0n) is 19.2. The van der Waals surface area contributed by atoms with Crippen LogP contribution in [0.3, 0.4) is 0 Å². The summed E-state index contributed by atoms with van der Waals surface area (Å²) in [6.45, 7) is 0. The molecular formula is C18H29N4O12V+. The van der Waals surface area contributed by atoms with Crippen molar-refractivity contribution in [3.8, 4) is 0 Å². The van der Waals surface area contributed by atoms with Gasteiger partial charge >= 0.3 is 18.6 Å². The van der Waals surface area contributed by atoms with Crippen LogP contribution in [0.2, 0.25) is 0 Å². The van der Waals surface area contributed by atoms with Gasteiger partial charge in [0.2, 0.25) is 0 Å². The molecule has 17 heteroatoms. The minimum Gasteiger partial charge on any atom is -2.00 e. The fourth-order valence-corrected chi connectivity index (χ4v) is 1.35. The molecule has 0 spiro atoms. The summed E-state index contributed by atoms with van der Waals surface area (Å²) in [6.07, 6.45) is 7.65. The Labute approximate surface area is 212 Å². The van der Waals surface area contributed by atoms with E-state index in [1.165, 1.54) is 11.4 Å². The number of carbonyl (C=O) groups is 4. The van der Waals surface area contributed by atoms with Gasteiger partial charge in [-0.15, -0.1) is 0 Å². The van der Waals surface area contributed by atoms with Crippen molar-refractivity contribution in [1.82, 2.24) is 0 Å². The van der Waals surface area contributed by atoms with Gasteiger partial charge in [-0.3, -0.25) is 0 Å². The standard InChI is InChI=1S/2C7H10N2.2C2H2O4.3H2O.O.V/c2*1-9(2)7-3-5-8-6-4-7;2*3-1(4)2(5)6;;;;;/h2*3-6H,1-2H3;2*(H,3,4)(H,5,6);3*1H2;;/q;;;;;;;-2;+4/p-1. The summed E-state index contributed by atoms with van der Waals surface area (Å²) >= 11 is 0. The zero-order chi connectivity index (χ0) is 23.7. The normalized spacial score (nSPS) is 7.20. The van der Waals surface area contributed by atoms with E-state index in [0.29, 0.717) is 0 Å². The number of aliphatic carboxylic acids is 4. The van der Waals surface area contributed by atoms with Crippen molar-refractivity contribution in [1.29, 1.82) is 0 Å². The molecule has 197 valence electrons. The first-order chi connectivity index (χ1) is 13.9. The quantitative estimate of drug-likeness (QED) is 0.254. The van der Waals surface area contributed by atoms with Crippen molar-refractivity contribution in [3.63, 3.8) is 0 Å². The molecule has 0 unspecified atom stereocenters. The van der Waals surface area contributed by atoms with Crippen LogP contribution in [0.1, 0.15) is 0 Å². The number of nitrogens with zero attached hydrogens (tertiary/aromatic N) is 2. The summed E-state index contributed by atoms with van der Waals surface area (Å²) in [5.74, 6) is -8.74. The van der Waals surface area contributed by atoms with E-state index in [4.69, 9.17) is 39.6 Å². The number of aromatic nitrogens is 2. The Kier molecular flexibility index (Phi) is 39.2. The molecule has 16 nitrogen and oxygen atoms in total. The molecule has 2 heterocycles. The van der Waals surface area contributed by atoms with E-state index in [0.717, 1.165) is 0 Å². The first-order valence-electron chi connectivity index (χ1n) is 8.01. The average molecular weight is 544 g/mol. The Bertz CT molecular complexity index is 705. The fraction of sp³-hybridized carbons (Fsp3) is 0.222. The molecular weight excluding hydrogens is 515 g/mol. The molecule has 0 aliphatic carbocycles. The van der Waals surface area contributed by atoms with Crippen molar-refractivity contribution in [2.45, 2.75) is 0 Å². The monoisotopic (exact) mass is 544 g/mol. The maximum Gasteiger partial charge on any atom is 4.00 e. The van der Waals surface area contributed by atoms with Crippen LogP contribution in [-0.2, 0) is 48.7 Å². The fourth-order valence-electron chi connectivity index (χ4n) is 1.35. The van der Waals surface area contributed by atoms with Crippen molar-refractivity contribution in [2.75, 3.05) is 38.0 Å². The van der Waals surface area contributed by atoms with Crippen LogP contribution >= 0.6 is 0 Å². The Morgan fingerprint density at radius 2 is 0.771 bits per heavy atom. The molecule has 0 amide bonds. The van der Waals surface area contributed by atoms with Crippen molar-refractivity contribution < 1.29 is 90.0 Å². The second-order valence-electron chi connectivity index (χ2n) is 5.46. The van der Waals surface area contributed by atoms with E-state index in [1.807, 2.05) is 77.2 Å². The van der Waals surface area contributed by atoms with Gasteiger partial charge in [-0.25, -0.2) is 9.97 Å². The summed E-state index contributed by atoms with van der Waals surface area (Å²) in [5.41, 5.74) is 2.43. The predicted octanol–water partition coefficient (Wildman–Crippen LogP) is -8.59. The molecule has 2 aromatic heterocycles. The number of nitrogens with one attached hydrogen (secondary N) is 2. The molecule has 0 aliphatic heterocycles. The number of hydrogen-bond donors (Lipinski definition) is 0. The topological polar surface area (TPSA) is 320 Å². The summed E-state index contributed by atoms with van der Waals surface area (Å²) in [7, 11) is 8.09. The van der Waals surface area contributed by atoms with Crippen LogP contribution in [0, 0.1) is 0 Å². The second kappa shape index (κ2) is 28.2. The number of pyridine rings is 2. The molecule has 0 saturated heterocycles. The van der Waals surface area contributed by atoms with Gasteiger partial charge in [0.25, 0.3) is 0 Å². The summed E-state index contributed by atoms with van der Waals surface area (Å²) in [5, 5.41) is 35.7. The number of carboxylic acids is 4. The van der Waals surface area contributed by atoms with Crippen LogP contribution in [-0.4, -0.2) is 63.0 Å². The van der Waals surface area contributed by atoms with E-state index in [9.17, 15) is 0 Å². The van der Waals surface area contributed by atoms with E-state index in [2.05, 4.69) is 19.8 Å². The van der Waals surface area contributed by atoms with Crippen LogP contribution in [0.15, 0.2) is 49.1 Å². The zero-order valence-corrected chi connectivity index (χ0v) is 20.6. The molecule has 1 radical (unpaired) electrons. The number of carboxylic acid groups (broad SMARTS) is 4. The van der Waals surface area contributed by atoms with Crippen LogP contribution in [0.25, 0.3) is 0 Å². The van der Waals surface area contributed by atoms with Gasteiger partial charge in [0.05, 0.1) is 23.9 Å². The van der Waals surface area contributed by atoms with Gasteiger partial charge in [0.1, 0.15) is 0 Å². The third-order valence-corrected chi connectivity index (χ3v) is 2.77. The van der Waals surface area contributed by atoms with E-state index >= 15 is 0 Å². The summed E-state index contributed by atoms with van der Waals surface area (Å²) < 4.78 is 0. The summed E-state index contributed by atoms with van der Waals surface area (Å²) in [4.78, 5) is 45.8. The SMILES string of the molecule is CN(C)c1cc[nH+]cc1.CN(C)c1cc[nH+]cc1.O.O.O=C([O-])C(=O)[O-].O=C([O-])C(=O)[O-].[O-2].[OH3+].[V+4]. The number of anilines is 2. The number of carbonyl (C=O) groups excluding carboxylic acids is 4. The molecule has 0 aromatic carbocycles. The van der Waals surface area contributed by atoms with E-state index in [-0.39, 0.29) is 40.5 Å². The predicted molar refractivity (Wildman–Crippen MR) is 107 cm³/mol. The van der Waals surface area contributed by atoms with Crippen molar-refractivity contribution >= 4 is 35.3 Å². The minimum atomic E-state index is -2.19. The van der Waals surface area contributed by atoms with Gasteiger partial charge in [0.15, 0.2) is 24.8 Å².